The van der Waals surface area contributed by atoms with Gasteiger partial charge in [0.25, 0.3) is 0 Å². The second-order valence-corrected chi connectivity index (χ2v) is 5.98. The van der Waals surface area contributed by atoms with Crippen molar-refractivity contribution < 1.29 is 33.8 Å². The number of carbonyl (C=O) groups excluding carboxylic acids is 4. The maximum absolute atomic E-state index is 12.2. The number of alkyl carbamates (subject to hydrolysis) is 1. The molecule has 144 valence electrons. The van der Waals surface area contributed by atoms with Gasteiger partial charge < -0.3 is 20.5 Å². The molecule has 1 heterocycles. The van der Waals surface area contributed by atoms with Crippen molar-refractivity contribution in [3.63, 3.8) is 0 Å². The molecule has 4 N–H and O–H groups in total. The largest absolute Gasteiger partial charge is 0.480 e. The van der Waals surface area contributed by atoms with E-state index in [9.17, 15) is 29.1 Å². The van der Waals surface area contributed by atoms with Crippen LogP contribution in [0.4, 0.5) is 4.79 Å². The second kappa shape index (κ2) is 8.79. The lowest BCUT2D eigenvalue weighted by molar-refractivity contribution is -0.145. The standard InChI is InChI=1S/C17H19N3O7/c1-9(18-17(26)27-8-10-5-3-2-4-6-10)14(22)20-13(16(24)25)11-7-12(21)19-15(11)23/h2-6,9,11,13H,7-8H2,1H3,(H,18,26)(H,20,22)(H,24,25)(H,19,21,23)/t9-,11?,13?/m0/s1. The molecule has 0 saturated carbocycles. The normalized spacial score (nSPS) is 18.2. The number of imide groups is 1. The van der Waals surface area contributed by atoms with Gasteiger partial charge in [0.15, 0.2) is 0 Å². The summed E-state index contributed by atoms with van der Waals surface area (Å²) in [4.78, 5) is 58.2. The molecule has 0 spiro atoms. The SMILES string of the molecule is C[C@H](NC(=O)OCc1ccccc1)C(=O)NC(C(=O)O)C1CC(=O)NC1=O. The minimum atomic E-state index is -1.59. The lowest BCUT2D eigenvalue weighted by atomic mass is 9.97. The summed E-state index contributed by atoms with van der Waals surface area (Å²) < 4.78 is 4.98. The third-order valence-electron chi connectivity index (χ3n) is 3.91. The zero-order chi connectivity index (χ0) is 20.0. The highest BCUT2D eigenvalue weighted by molar-refractivity contribution is 6.06. The average Bonchev–Trinajstić information content (AvgIpc) is 2.96. The zero-order valence-corrected chi connectivity index (χ0v) is 14.4. The molecule has 2 rings (SSSR count). The first-order valence-electron chi connectivity index (χ1n) is 8.12. The molecule has 10 heteroatoms. The third-order valence-corrected chi connectivity index (χ3v) is 3.91. The molecule has 0 radical (unpaired) electrons. The van der Waals surface area contributed by atoms with Gasteiger partial charge in [-0.05, 0) is 12.5 Å². The summed E-state index contributed by atoms with van der Waals surface area (Å²) in [6.45, 7) is 1.33. The summed E-state index contributed by atoms with van der Waals surface area (Å²) >= 11 is 0. The molecular formula is C17H19N3O7. The summed E-state index contributed by atoms with van der Waals surface area (Å²) in [5, 5.41) is 15.7. The molecule has 1 aliphatic heterocycles. The quantitative estimate of drug-likeness (QED) is 0.469. The van der Waals surface area contributed by atoms with E-state index in [2.05, 4.69) is 10.6 Å². The Balaban J connectivity index is 1.87. The Hall–Kier alpha value is -3.43. The second-order valence-electron chi connectivity index (χ2n) is 5.98. The molecular weight excluding hydrogens is 358 g/mol. The van der Waals surface area contributed by atoms with Gasteiger partial charge in [0.05, 0.1) is 5.92 Å². The summed E-state index contributed by atoms with van der Waals surface area (Å²) in [5.41, 5.74) is 0.757. The van der Waals surface area contributed by atoms with E-state index in [1.165, 1.54) is 6.92 Å². The van der Waals surface area contributed by atoms with Gasteiger partial charge in [-0.1, -0.05) is 30.3 Å². The minimum absolute atomic E-state index is 0.00310. The summed E-state index contributed by atoms with van der Waals surface area (Å²) in [7, 11) is 0. The van der Waals surface area contributed by atoms with Crippen LogP contribution in [0.1, 0.15) is 18.9 Å². The van der Waals surface area contributed by atoms with Crippen molar-refractivity contribution in [2.45, 2.75) is 32.0 Å². The summed E-state index contributed by atoms with van der Waals surface area (Å²) in [6, 6.07) is 6.19. The Morgan fingerprint density at radius 2 is 1.89 bits per heavy atom. The number of benzene rings is 1. The van der Waals surface area contributed by atoms with Crippen LogP contribution in [0, 0.1) is 5.92 Å². The van der Waals surface area contributed by atoms with Crippen LogP contribution in [-0.2, 0) is 30.5 Å². The Labute approximate surface area is 154 Å². The van der Waals surface area contributed by atoms with Crippen LogP contribution in [0.3, 0.4) is 0 Å². The van der Waals surface area contributed by atoms with E-state index in [1.807, 2.05) is 11.4 Å². The van der Waals surface area contributed by atoms with E-state index < -0.39 is 47.8 Å². The van der Waals surface area contributed by atoms with Crippen LogP contribution >= 0.6 is 0 Å². The lowest BCUT2D eigenvalue weighted by Gasteiger charge is -2.21. The predicted octanol–water partition coefficient (Wildman–Crippen LogP) is -0.467. The van der Waals surface area contributed by atoms with E-state index in [0.717, 1.165) is 5.56 Å². The van der Waals surface area contributed by atoms with Gasteiger partial charge in [-0.15, -0.1) is 0 Å². The Morgan fingerprint density at radius 1 is 1.22 bits per heavy atom. The highest BCUT2D eigenvalue weighted by Crippen LogP contribution is 2.16. The smallest absolute Gasteiger partial charge is 0.408 e. The number of ether oxygens (including phenoxy) is 1. The van der Waals surface area contributed by atoms with Crippen LogP contribution in [0.2, 0.25) is 0 Å². The van der Waals surface area contributed by atoms with E-state index in [1.54, 1.807) is 24.3 Å². The monoisotopic (exact) mass is 377 g/mol. The Morgan fingerprint density at radius 3 is 2.44 bits per heavy atom. The van der Waals surface area contributed by atoms with Gasteiger partial charge in [-0.25, -0.2) is 9.59 Å². The van der Waals surface area contributed by atoms with Crippen LogP contribution in [0.25, 0.3) is 0 Å². The first kappa shape index (κ1) is 19.9. The van der Waals surface area contributed by atoms with Gasteiger partial charge in [0.1, 0.15) is 18.7 Å². The van der Waals surface area contributed by atoms with E-state index in [-0.39, 0.29) is 13.0 Å². The minimum Gasteiger partial charge on any atom is -0.480 e. The van der Waals surface area contributed by atoms with E-state index in [4.69, 9.17) is 4.74 Å². The lowest BCUT2D eigenvalue weighted by Crippen LogP contribution is -2.54. The molecule has 27 heavy (non-hydrogen) atoms. The molecule has 1 aromatic carbocycles. The van der Waals surface area contributed by atoms with Crippen LogP contribution in [-0.4, -0.2) is 47.0 Å². The third kappa shape index (κ3) is 5.53. The Kier molecular flexibility index (Phi) is 6.47. The van der Waals surface area contributed by atoms with Gasteiger partial charge in [-0.2, -0.15) is 0 Å². The molecule has 1 aliphatic rings. The zero-order valence-electron chi connectivity index (χ0n) is 14.4. The molecule has 1 saturated heterocycles. The van der Waals surface area contributed by atoms with Crippen molar-refractivity contribution in [3.8, 4) is 0 Å². The number of carboxylic acids is 1. The van der Waals surface area contributed by atoms with Crippen molar-refractivity contribution in [1.29, 1.82) is 0 Å². The predicted molar refractivity (Wildman–Crippen MR) is 90.0 cm³/mol. The van der Waals surface area contributed by atoms with Gasteiger partial charge >= 0.3 is 12.1 Å². The fourth-order valence-electron chi connectivity index (χ4n) is 2.46. The average molecular weight is 377 g/mol. The number of carboxylic acid groups (broad SMARTS) is 1. The Bertz CT molecular complexity index is 750. The summed E-state index contributed by atoms with van der Waals surface area (Å²) in [6.07, 6.45) is -1.20. The topological polar surface area (TPSA) is 151 Å². The van der Waals surface area contributed by atoms with E-state index in [0.29, 0.717) is 0 Å². The van der Waals surface area contributed by atoms with Gasteiger partial charge in [0, 0.05) is 6.42 Å². The first-order valence-corrected chi connectivity index (χ1v) is 8.12. The van der Waals surface area contributed by atoms with Crippen molar-refractivity contribution in [3.05, 3.63) is 35.9 Å². The van der Waals surface area contributed by atoms with Crippen molar-refractivity contribution in [1.82, 2.24) is 16.0 Å². The molecule has 3 atom stereocenters. The van der Waals surface area contributed by atoms with E-state index >= 15 is 0 Å². The highest BCUT2D eigenvalue weighted by Gasteiger charge is 2.41. The van der Waals surface area contributed by atoms with Crippen molar-refractivity contribution >= 4 is 29.8 Å². The molecule has 10 nitrogen and oxygen atoms in total. The molecule has 2 unspecified atom stereocenters. The number of aliphatic carboxylic acids is 1. The van der Waals surface area contributed by atoms with Crippen LogP contribution < -0.4 is 16.0 Å². The number of nitrogens with one attached hydrogen (secondary N) is 3. The molecule has 1 fully saturated rings. The fourth-order valence-corrected chi connectivity index (χ4v) is 2.46. The summed E-state index contributed by atoms with van der Waals surface area (Å²) in [5.74, 6) is -4.88. The highest BCUT2D eigenvalue weighted by atomic mass is 16.5. The maximum Gasteiger partial charge on any atom is 0.408 e. The number of amides is 4. The van der Waals surface area contributed by atoms with Gasteiger partial charge in [-0.3, -0.25) is 19.7 Å². The van der Waals surface area contributed by atoms with Crippen LogP contribution in [0.5, 0.6) is 0 Å². The van der Waals surface area contributed by atoms with Crippen LogP contribution in [0.15, 0.2) is 30.3 Å². The number of rotatable bonds is 7. The fraction of sp³-hybridized carbons (Fsp3) is 0.353. The first-order chi connectivity index (χ1) is 12.8. The molecule has 0 bridgehead atoms. The molecule has 0 aromatic heterocycles. The number of carbonyl (C=O) groups is 5. The number of hydrogen-bond donors (Lipinski definition) is 4. The van der Waals surface area contributed by atoms with Gasteiger partial charge in [0.2, 0.25) is 17.7 Å². The van der Waals surface area contributed by atoms with Crippen molar-refractivity contribution in [2.75, 3.05) is 0 Å². The molecule has 4 amide bonds. The molecule has 0 aliphatic carbocycles. The van der Waals surface area contributed by atoms with Crippen molar-refractivity contribution in [2.24, 2.45) is 5.92 Å². The molecule has 1 aromatic rings. The maximum atomic E-state index is 12.2. The number of hydrogen-bond acceptors (Lipinski definition) is 6.